The van der Waals surface area contributed by atoms with Gasteiger partial charge in [0.2, 0.25) is 0 Å². The second-order valence-electron chi connectivity index (χ2n) is 4.47. The van der Waals surface area contributed by atoms with Gasteiger partial charge in [0.05, 0.1) is 0 Å². The van der Waals surface area contributed by atoms with E-state index in [9.17, 15) is 0 Å². The molecule has 0 aliphatic heterocycles. The normalized spacial score (nSPS) is 9.58. The summed E-state index contributed by atoms with van der Waals surface area (Å²) in [5, 5.41) is 5.69. The van der Waals surface area contributed by atoms with Gasteiger partial charge in [-0.05, 0) is 29.8 Å². The van der Waals surface area contributed by atoms with E-state index in [0.29, 0.717) is 0 Å². The summed E-state index contributed by atoms with van der Waals surface area (Å²) in [5.41, 5.74) is 2.48. The molecule has 0 fully saturated rings. The Kier molecular flexibility index (Phi) is 4.57. The maximum absolute atomic E-state index is 3.12. The molecule has 3 rings (SSSR count). The van der Waals surface area contributed by atoms with Crippen LogP contribution in [-0.2, 0) is 0 Å². The molecule has 3 aromatic rings. The molecule has 0 amide bonds. The van der Waals surface area contributed by atoms with Gasteiger partial charge in [0.1, 0.15) is 0 Å². The Balaban J connectivity index is 0.000000163. The van der Waals surface area contributed by atoms with E-state index >= 15 is 0 Å². The molecular formula is C18H19N. The minimum atomic E-state index is 1.16. The molecule has 0 bridgehead atoms. The van der Waals surface area contributed by atoms with Crippen molar-refractivity contribution < 1.29 is 0 Å². The van der Waals surface area contributed by atoms with Crippen LogP contribution in [-0.4, -0.2) is 7.05 Å². The summed E-state index contributed by atoms with van der Waals surface area (Å²) in [6.45, 7) is 2.08. The molecule has 0 aromatic heterocycles. The van der Waals surface area contributed by atoms with Crippen molar-refractivity contribution in [2.75, 3.05) is 12.4 Å². The van der Waals surface area contributed by atoms with Gasteiger partial charge in [-0.15, -0.1) is 0 Å². The fraction of sp³-hybridized carbons (Fsp3) is 0.111. The van der Waals surface area contributed by atoms with Crippen LogP contribution in [0.2, 0.25) is 0 Å². The molecule has 19 heavy (non-hydrogen) atoms. The Morgan fingerprint density at radius 2 is 1.32 bits per heavy atom. The summed E-state index contributed by atoms with van der Waals surface area (Å²) < 4.78 is 0. The minimum absolute atomic E-state index is 1.16. The zero-order valence-electron chi connectivity index (χ0n) is 11.4. The molecule has 96 valence electrons. The first-order valence-electron chi connectivity index (χ1n) is 6.48. The molecule has 0 saturated heterocycles. The maximum atomic E-state index is 3.12. The lowest BCUT2D eigenvalue weighted by Gasteiger charge is -2.01. The maximum Gasteiger partial charge on any atom is 0.0343 e. The first-order valence-corrected chi connectivity index (χ1v) is 6.48. The van der Waals surface area contributed by atoms with E-state index in [1.54, 1.807) is 0 Å². The smallest absolute Gasteiger partial charge is 0.0343 e. The van der Waals surface area contributed by atoms with Gasteiger partial charge in [-0.2, -0.15) is 0 Å². The minimum Gasteiger partial charge on any atom is -0.388 e. The van der Waals surface area contributed by atoms with Gasteiger partial charge in [0.25, 0.3) is 0 Å². The summed E-state index contributed by atoms with van der Waals surface area (Å²) in [6.07, 6.45) is 0. The van der Waals surface area contributed by atoms with Crippen LogP contribution in [0.3, 0.4) is 0 Å². The third-order valence-corrected chi connectivity index (χ3v) is 2.98. The summed E-state index contributed by atoms with van der Waals surface area (Å²) in [7, 11) is 1.93. The molecule has 0 heterocycles. The van der Waals surface area contributed by atoms with Crippen LogP contribution in [0.25, 0.3) is 10.8 Å². The van der Waals surface area contributed by atoms with Crippen LogP contribution in [0.5, 0.6) is 0 Å². The lowest BCUT2D eigenvalue weighted by Crippen LogP contribution is -1.86. The molecule has 0 aliphatic carbocycles. The summed E-state index contributed by atoms with van der Waals surface area (Å²) in [6, 6.07) is 25.0. The highest BCUT2D eigenvalue weighted by Crippen LogP contribution is 2.17. The Bertz CT molecular complexity index is 629. The van der Waals surface area contributed by atoms with E-state index in [1.807, 2.05) is 25.2 Å². The van der Waals surface area contributed by atoms with E-state index in [4.69, 9.17) is 0 Å². The molecule has 0 saturated carbocycles. The van der Waals surface area contributed by atoms with E-state index in [1.165, 1.54) is 16.3 Å². The van der Waals surface area contributed by atoms with Crippen molar-refractivity contribution in [2.45, 2.75) is 6.92 Å². The molecule has 0 radical (unpaired) electrons. The third kappa shape index (κ3) is 3.85. The van der Waals surface area contributed by atoms with Crippen LogP contribution in [0.4, 0.5) is 5.69 Å². The zero-order valence-corrected chi connectivity index (χ0v) is 11.4. The van der Waals surface area contributed by atoms with Gasteiger partial charge in [-0.1, -0.05) is 66.2 Å². The van der Waals surface area contributed by atoms with E-state index < -0.39 is 0 Å². The van der Waals surface area contributed by atoms with Crippen molar-refractivity contribution in [3.63, 3.8) is 0 Å². The first-order chi connectivity index (χ1) is 9.29. The van der Waals surface area contributed by atoms with Crippen LogP contribution >= 0.6 is 0 Å². The van der Waals surface area contributed by atoms with Crippen molar-refractivity contribution in [3.05, 3.63) is 78.4 Å². The average Bonchev–Trinajstić information content (AvgIpc) is 2.48. The quantitative estimate of drug-likeness (QED) is 0.648. The van der Waals surface area contributed by atoms with Crippen molar-refractivity contribution >= 4 is 16.5 Å². The highest BCUT2D eigenvalue weighted by Gasteiger charge is 1.91. The highest BCUT2D eigenvalue weighted by atomic mass is 14.8. The van der Waals surface area contributed by atoms with Crippen molar-refractivity contribution in [1.82, 2.24) is 0 Å². The molecule has 1 N–H and O–H groups in total. The molecule has 3 aromatic carbocycles. The van der Waals surface area contributed by atoms with Gasteiger partial charge < -0.3 is 5.32 Å². The largest absolute Gasteiger partial charge is 0.388 e. The average molecular weight is 249 g/mol. The van der Waals surface area contributed by atoms with Crippen LogP contribution in [0.1, 0.15) is 5.56 Å². The number of rotatable bonds is 1. The zero-order chi connectivity index (χ0) is 13.5. The van der Waals surface area contributed by atoms with Gasteiger partial charge in [-0.25, -0.2) is 0 Å². The molecule has 0 unspecified atom stereocenters. The summed E-state index contributed by atoms with van der Waals surface area (Å²) >= 11 is 0. The van der Waals surface area contributed by atoms with Gasteiger partial charge in [0, 0.05) is 12.7 Å². The summed E-state index contributed by atoms with van der Waals surface area (Å²) in [5.74, 6) is 0. The Labute approximate surface area is 114 Å². The predicted octanol–water partition coefficient (Wildman–Crippen LogP) is 4.88. The van der Waals surface area contributed by atoms with Crippen molar-refractivity contribution in [3.8, 4) is 0 Å². The van der Waals surface area contributed by atoms with Crippen LogP contribution in [0, 0.1) is 6.92 Å². The standard InChI is InChI=1S/C11H11N.C7H8/c1-12-11-7-6-9-4-2-3-5-10(9)8-11;1-7-5-3-2-4-6-7/h2-8,12H,1H3;2-6H,1H3. The van der Waals surface area contributed by atoms with Crippen molar-refractivity contribution in [1.29, 1.82) is 0 Å². The first kappa shape index (κ1) is 13.2. The SMILES string of the molecule is CNc1ccc2ccccc2c1.Cc1ccccc1. The second kappa shape index (κ2) is 6.60. The van der Waals surface area contributed by atoms with Gasteiger partial charge >= 0.3 is 0 Å². The topological polar surface area (TPSA) is 12.0 Å². The lowest BCUT2D eigenvalue weighted by molar-refractivity contribution is 1.48. The van der Waals surface area contributed by atoms with Crippen LogP contribution < -0.4 is 5.32 Å². The van der Waals surface area contributed by atoms with Crippen molar-refractivity contribution in [2.24, 2.45) is 0 Å². The summed E-state index contributed by atoms with van der Waals surface area (Å²) in [4.78, 5) is 0. The predicted molar refractivity (Wildman–Crippen MR) is 84.7 cm³/mol. The number of aryl methyl sites for hydroxylation is 1. The lowest BCUT2D eigenvalue weighted by atomic mass is 10.1. The molecule has 0 aliphatic rings. The van der Waals surface area contributed by atoms with Crippen LogP contribution in [0.15, 0.2) is 72.8 Å². The molecule has 0 atom stereocenters. The fourth-order valence-corrected chi connectivity index (χ4v) is 1.88. The second-order valence-corrected chi connectivity index (χ2v) is 4.47. The van der Waals surface area contributed by atoms with E-state index in [2.05, 4.69) is 66.8 Å². The number of hydrogen-bond acceptors (Lipinski definition) is 1. The monoisotopic (exact) mass is 249 g/mol. The number of fused-ring (bicyclic) bond motifs is 1. The molecular weight excluding hydrogens is 230 g/mol. The Morgan fingerprint density at radius 3 is 1.89 bits per heavy atom. The highest BCUT2D eigenvalue weighted by molar-refractivity contribution is 5.85. The third-order valence-electron chi connectivity index (χ3n) is 2.98. The van der Waals surface area contributed by atoms with E-state index in [0.717, 1.165) is 5.69 Å². The Hall–Kier alpha value is -2.28. The number of hydrogen-bond donors (Lipinski definition) is 1. The van der Waals surface area contributed by atoms with Gasteiger partial charge in [0.15, 0.2) is 0 Å². The van der Waals surface area contributed by atoms with Gasteiger partial charge in [-0.3, -0.25) is 0 Å². The fourth-order valence-electron chi connectivity index (χ4n) is 1.88. The Morgan fingerprint density at radius 1 is 0.684 bits per heavy atom. The van der Waals surface area contributed by atoms with E-state index in [-0.39, 0.29) is 0 Å². The molecule has 0 spiro atoms. The molecule has 1 heteroatoms. The number of anilines is 1. The molecule has 1 nitrogen and oxygen atoms in total. The number of benzene rings is 3. The number of nitrogens with one attached hydrogen (secondary N) is 1.